The van der Waals surface area contributed by atoms with Crippen LogP contribution in [0.1, 0.15) is 0 Å². The Kier molecular flexibility index (Phi) is 7.13. The number of carbonyl (C=O) groups excluding carboxylic acids is 1. The molecule has 6 heteroatoms. The molecule has 0 saturated carbocycles. The Hall–Kier alpha value is -2.76. The lowest BCUT2D eigenvalue weighted by molar-refractivity contribution is -0.105. The van der Waals surface area contributed by atoms with E-state index in [0.717, 1.165) is 0 Å². The van der Waals surface area contributed by atoms with Crippen molar-refractivity contribution < 1.29 is 13.9 Å². The topological polar surface area (TPSA) is 63.1 Å². The summed E-state index contributed by atoms with van der Waals surface area (Å²) in [7, 11) is 1.62. The highest BCUT2D eigenvalue weighted by Gasteiger charge is 2.05. The lowest BCUT2D eigenvalue weighted by Gasteiger charge is -2.08. The Bertz CT molecular complexity index is 580. The van der Waals surface area contributed by atoms with E-state index >= 15 is 0 Å². The SMILES string of the molecule is C=CC=N/C=C(/C=NC)COc1ccc(NC=O)cc1F. The summed E-state index contributed by atoms with van der Waals surface area (Å²) >= 11 is 0. The number of hydrogen-bond donors (Lipinski definition) is 1. The van der Waals surface area contributed by atoms with Gasteiger partial charge < -0.3 is 10.1 Å². The number of rotatable bonds is 8. The minimum absolute atomic E-state index is 0.0783. The predicted molar refractivity (Wildman–Crippen MR) is 82.8 cm³/mol. The first-order valence-corrected chi connectivity index (χ1v) is 6.09. The van der Waals surface area contributed by atoms with Gasteiger partial charge in [-0.25, -0.2) is 4.39 Å². The summed E-state index contributed by atoms with van der Waals surface area (Å²) < 4.78 is 19.1. The van der Waals surface area contributed by atoms with E-state index in [-0.39, 0.29) is 12.4 Å². The summed E-state index contributed by atoms with van der Waals surface area (Å²) in [6.07, 6.45) is 6.65. The fourth-order valence-corrected chi connectivity index (χ4v) is 1.41. The molecule has 1 amide bonds. The summed E-state index contributed by atoms with van der Waals surface area (Å²) in [5, 5.41) is 2.36. The number of halogens is 1. The van der Waals surface area contributed by atoms with Crippen LogP contribution in [0.15, 0.2) is 52.6 Å². The fraction of sp³-hybridized carbons (Fsp3) is 0.133. The lowest BCUT2D eigenvalue weighted by Crippen LogP contribution is -2.04. The number of amides is 1. The maximum atomic E-state index is 13.7. The van der Waals surface area contributed by atoms with Crippen LogP contribution in [-0.2, 0) is 4.79 Å². The summed E-state index contributed by atoms with van der Waals surface area (Å²) in [4.78, 5) is 18.1. The zero-order valence-corrected chi connectivity index (χ0v) is 11.6. The normalized spacial score (nSPS) is 11.8. The van der Waals surface area contributed by atoms with E-state index in [4.69, 9.17) is 4.74 Å². The molecule has 0 saturated heterocycles. The lowest BCUT2D eigenvalue weighted by atomic mass is 10.3. The molecule has 0 spiro atoms. The maximum Gasteiger partial charge on any atom is 0.211 e. The molecule has 0 radical (unpaired) electrons. The van der Waals surface area contributed by atoms with Crippen molar-refractivity contribution in [1.82, 2.24) is 0 Å². The monoisotopic (exact) mass is 289 g/mol. The summed E-state index contributed by atoms with van der Waals surface area (Å²) in [6, 6.07) is 4.16. The van der Waals surface area contributed by atoms with Crippen LogP contribution < -0.4 is 10.1 Å². The Balaban J connectivity index is 2.75. The number of ether oxygens (including phenoxy) is 1. The highest BCUT2D eigenvalue weighted by Crippen LogP contribution is 2.21. The first-order chi connectivity index (χ1) is 10.2. The number of carbonyl (C=O) groups is 1. The van der Waals surface area contributed by atoms with Gasteiger partial charge >= 0.3 is 0 Å². The Morgan fingerprint density at radius 2 is 2.33 bits per heavy atom. The molecule has 5 nitrogen and oxygen atoms in total. The molecule has 1 aromatic carbocycles. The van der Waals surface area contributed by atoms with Gasteiger partial charge in [0.1, 0.15) is 6.61 Å². The third-order valence-electron chi connectivity index (χ3n) is 2.28. The number of benzene rings is 1. The zero-order chi connectivity index (χ0) is 15.5. The van der Waals surface area contributed by atoms with Crippen molar-refractivity contribution >= 4 is 24.5 Å². The highest BCUT2D eigenvalue weighted by molar-refractivity contribution is 5.79. The molecule has 0 unspecified atom stereocenters. The Labute approximate surface area is 122 Å². The van der Waals surface area contributed by atoms with Gasteiger partial charge in [-0.1, -0.05) is 12.7 Å². The molecule has 0 atom stereocenters. The fourth-order valence-electron chi connectivity index (χ4n) is 1.41. The molecule has 21 heavy (non-hydrogen) atoms. The van der Waals surface area contributed by atoms with E-state index in [1.165, 1.54) is 24.4 Å². The quantitative estimate of drug-likeness (QED) is 0.590. The van der Waals surface area contributed by atoms with Crippen LogP contribution in [0.5, 0.6) is 5.75 Å². The van der Waals surface area contributed by atoms with E-state index in [1.54, 1.807) is 25.5 Å². The van der Waals surface area contributed by atoms with Crippen LogP contribution in [-0.4, -0.2) is 32.5 Å². The van der Waals surface area contributed by atoms with Crippen molar-refractivity contribution in [2.75, 3.05) is 19.0 Å². The van der Waals surface area contributed by atoms with Crippen molar-refractivity contribution in [3.05, 3.63) is 48.4 Å². The molecule has 110 valence electrons. The van der Waals surface area contributed by atoms with Crippen molar-refractivity contribution in [1.29, 1.82) is 0 Å². The largest absolute Gasteiger partial charge is 0.486 e. The zero-order valence-electron chi connectivity index (χ0n) is 11.6. The van der Waals surface area contributed by atoms with Crippen LogP contribution >= 0.6 is 0 Å². The molecule has 1 N–H and O–H groups in total. The van der Waals surface area contributed by atoms with Gasteiger partial charge in [-0.15, -0.1) is 0 Å². The second-order valence-electron chi connectivity index (χ2n) is 3.82. The van der Waals surface area contributed by atoms with Gasteiger partial charge in [-0.05, 0) is 12.1 Å². The van der Waals surface area contributed by atoms with Crippen LogP contribution in [0.25, 0.3) is 0 Å². The summed E-state index contributed by atoms with van der Waals surface area (Å²) in [5.74, 6) is -0.487. The minimum atomic E-state index is -0.566. The van der Waals surface area contributed by atoms with E-state index in [0.29, 0.717) is 17.7 Å². The summed E-state index contributed by atoms with van der Waals surface area (Å²) in [5.41, 5.74) is 1.03. The smallest absolute Gasteiger partial charge is 0.211 e. The molecular weight excluding hydrogens is 273 g/mol. The average Bonchev–Trinajstić information content (AvgIpc) is 2.47. The Morgan fingerprint density at radius 3 is 2.95 bits per heavy atom. The molecule has 0 aliphatic carbocycles. The molecule has 0 aliphatic rings. The van der Waals surface area contributed by atoms with Crippen molar-refractivity contribution in [3.8, 4) is 5.75 Å². The first kappa shape index (κ1) is 16.3. The van der Waals surface area contributed by atoms with E-state index in [1.807, 2.05) is 0 Å². The number of aliphatic imine (C=N–C) groups is 2. The molecule has 0 bridgehead atoms. The number of nitrogens with zero attached hydrogens (tertiary/aromatic N) is 2. The van der Waals surface area contributed by atoms with Gasteiger partial charge in [-0.3, -0.25) is 14.8 Å². The third-order valence-corrected chi connectivity index (χ3v) is 2.28. The van der Waals surface area contributed by atoms with Crippen molar-refractivity contribution in [2.45, 2.75) is 0 Å². The molecular formula is C15H16FN3O2. The average molecular weight is 289 g/mol. The van der Waals surface area contributed by atoms with Gasteiger partial charge in [0, 0.05) is 43.0 Å². The molecule has 0 aliphatic heterocycles. The van der Waals surface area contributed by atoms with Crippen LogP contribution in [0.3, 0.4) is 0 Å². The third kappa shape index (κ3) is 5.82. The number of anilines is 1. The van der Waals surface area contributed by atoms with Gasteiger partial charge in [0.2, 0.25) is 6.41 Å². The highest BCUT2D eigenvalue weighted by atomic mass is 19.1. The number of nitrogens with one attached hydrogen (secondary N) is 1. The second kappa shape index (κ2) is 9.19. The van der Waals surface area contributed by atoms with Crippen molar-refractivity contribution in [3.63, 3.8) is 0 Å². The van der Waals surface area contributed by atoms with Crippen molar-refractivity contribution in [2.24, 2.45) is 9.98 Å². The molecule has 0 heterocycles. The standard InChI is InChI=1S/C15H16FN3O2/c1-3-6-18-9-12(8-17-2)10-21-15-5-4-13(19-11-20)7-14(15)16/h3-9,11H,1,10H2,2H3,(H,19,20)/b12-9-,17-8?,18-6?. The number of hydrogen-bond acceptors (Lipinski definition) is 4. The first-order valence-electron chi connectivity index (χ1n) is 6.09. The van der Waals surface area contributed by atoms with Crippen LogP contribution in [0, 0.1) is 5.82 Å². The van der Waals surface area contributed by atoms with Gasteiger partial charge in [0.15, 0.2) is 11.6 Å². The predicted octanol–water partition coefficient (Wildman–Crippen LogP) is 2.61. The molecule has 1 rings (SSSR count). The second-order valence-corrected chi connectivity index (χ2v) is 3.82. The van der Waals surface area contributed by atoms with E-state index < -0.39 is 5.82 Å². The van der Waals surface area contributed by atoms with Crippen LogP contribution in [0.4, 0.5) is 10.1 Å². The van der Waals surface area contributed by atoms with E-state index in [9.17, 15) is 9.18 Å². The van der Waals surface area contributed by atoms with Gasteiger partial charge in [0.25, 0.3) is 0 Å². The van der Waals surface area contributed by atoms with Gasteiger partial charge in [-0.2, -0.15) is 0 Å². The maximum absolute atomic E-state index is 13.7. The summed E-state index contributed by atoms with van der Waals surface area (Å²) in [6.45, 7) is 3.62. The van der Waals surface area contributed by atoms with E-state index in [2.05, 4.69) is 21.9 Å². The number of allylic oxidation sites excluding steroid dienone is 1. The van der Waals surface area contributed by atoms with Crippen LogP contribution in [0.2, 0.25) is 0 Å². The Morgan fingerprint density at radius 1 is 1.52 bits per heavy atom. The minimum Gasteiger partial charge on any atom is -0.486 e. The molecule has 0 aromatic heterocycles. The molecule has 0 fully saturated rings. The van der Waals surface area contributed by atoms with Gasteiger partial charge in [0.05, 0.1) is 0 Å². The molecule has 1 aromatic rings.